The maximum absolute atomic E-state index is 12.9. The molecule has 2 aromatic rings. The Hall–Kier alpha value is -2.89. The van der Waals surface area contributed by atoms with Crippen LogP contribution in [0.15, 0.2) is 48.7 Å². The van der Waals surface area contributed by atoms with Gasteiger partial charge in [-0.25, -0.2) is 4.98 Å². The van der Waals surface area contributed by atoms with Crippen LogP contribution in [-0.4, -0.2) is 46.1 Å². The minimum absolute atomic E-state index is 0.190. The van der Waals surface area contributed by atoms with Gasteiger partial charge in [-0.15, -0.1) is 0 Å². The number of benzene rings is 1. The number of carbonyl (C=O) groups is 2. The lowest BCUT2D eigenvalue weighted by Gasteiger charge is -2.17. The highest BCUT2D eigenvalue weighted by Crippen LogP contribution is 2.33. The van der Waals surface area contributed by atoms with Gasteiger partial charge in [-0.3, -0.25) is 9.59 Å². The highest BCUT2D eigenvalue weighted by Gasteiger charge is 2.40. The van der Waals surface area contributed by atoms with Gasteiger partial charge in [0.05, 0.1) is 11.5 Å². The van der Waals surface area contributed by atoms with Crippen molar-refractivity contribution in [2.45, 2.75) is 37.7 Å². The van der Waals surface area contributed by atoms with E-state index in [-0.39, 0.29) is 24.5 Å². The molecule has 1 saturated heterocycles. The van der Waals surface area contributed by atoms with E-state index in [0.717, 1.165) is 18.4 Å². The zero-order chi connectivity index (χ0) is 19.5. The minimum atomic E-state index is -0.873. The van der Waals surface area contributed by atoms with E-state index in [1.165, 1.54) is 19.0 Å². The van der Waals surface area contributed by atoms with Gasteiger partial charge in [-0.05, 0) is 37.3 Å². The fourth-order valence-corrected chi connectivity index (χ4v) is 4.19. The molecule has 1 aromatic carbocycles. The number of aliphatic carboxylic acids is 1. The molecule has 1 saturated carbocycles. The summed E-state index contributed by atoms with van der Waals surface area (Å²) >= 11 is 0. The summed E-state index contributed by atoms with van der Waals surface area (Å²) in [6.07, 6.45) is 6.21. The molecular weight excluding hydrogens is 356 g/mol. The topological polar surface area (TPSA) is 79.7 Å². The van der Waals surface area contributed by atoms with E-state index in [9.17, 15) is 14.7 Å². The number of amides is 1. The largest absolute Gasteiger partial charge is 0.481 e. The zero-order valence-electron chi connectivity index (χ0n) is 15.7. The first-order chi connectivity index (χ1) is 13.6. The van der Waals surface area contributed by atoms with Gasteiger partial charge in [0.2, 0.25) is 5.88 Å². The summed E-state index contributed by atoms with van der Waals surface area (Å²) in [5.74, 6) is -1.34. The molecule has 28 heavy (non-hydrogen) atoms. The summed E-state index contributed by atoms with van der Waals surface area (Å²) in [5, 5.41) is 9.62. The van der Waals surface area contributed by atoms with Crippen molar-refractivity contribution in [3.05, 3.63) is 59.8 Å². The lowest BCUT2D eigenvalue weighted by Crippen LogP contribution is -2.30. The molecule has 1 aliphatic heterocycles. The van der Waals surface area contributed by atoms with Crippen LogP contribution in [0, 0.1) is 5.92 Å². The van der Waals surface area contributed by atoms with Crippen molar-refractivity contribution in [1.82, 2.24) is 9.88 Å². The third-order valence-electron chi connectivity index (χ3n) is 5.72. The lowest BCUT2D eigenvalue weighted by atomic mass is 9.89. The van der Waals surface area contributed by atoms with Crippen LogP contribution in [-0.2, 0) is 4.79 Å². The third kappa shape index (κ3) is 3.86. The normalized spacial score (nSPS) is 22.4. The molecule has 6 nitrogen and oxygen atoms in total. The molecule has 1 aliphatic carbocycles. The average molecular weight is 380 g/mol. The van der Waals surface area contributed by atoms with Gasteiger partial charge in [0.15, 0.2) is 0 Å². The van der Waals surface area contributed by atoms with Crippen LogP contribution < -0.4 is 4.74 Å². The van der Waals surface area contributed by atoms with E-state index in [0.29, 0.717) is 18.0 Å². The standard InChI is InChI=1S/C22H24N2O4/c25-21(16-10-11-20(23-12-16)28-17-8-4-5-9-17)24-13-18(19(14-24)22(26)27)15-6-2-1-3-7-15/h1-3,6-7,10-12,17-19H,4-5,8-9,13-14H2,(H,26,27). The summed E-state index contributed by atoms with van der Waals surface area (Å²) < 4.78 is 5.85. The second kappa shape index (κ2) is 8.00. The number of hydrogen-bond donors (Lipinski definition) is 1. The zero-order valence-corrected chi connectivity index (χ0v) is 15.7. The lowest BCUT2D eigenvalue weighted by molar-refractivity contribution is -0.141. The number of carboxylic acids is 1. The highest BCUT2D eigenvalue weighted by molar-refractivity contribution is 5.94. The Bertz CT molecular complexity index is 831. The SMILES string of the molecule is O=C(O)C1CN(C(=O)c2ccc(OC3CCCC3)nc2)CC1c1ccccc1. The van der Waals surface area contributed by atoms with Crippen LogP contribution in [0.25, 0.3) is 0 Å². The molecule has 0 radical (unpaired) electrons. The van der Waals surface area contributed by atoms with Crippen LogP contribution >= 0.6 is 0 Å². The number of nitrogens with zero attached hydrogens (tertiary/aromatic N) is 2. The van der Waals surface area contributed by atoms with Gasteiger partial charge in [0, 0.05) is 31.3 Å². The molecule has 146 valence electrons. The van der Waals surface area contributed by atoms with E-state index >= 15 is 0 Å². The number of aromatic nitrogens is 1. The Morgan fingerprint density at radius 1 is 1.04 bits per heavy atom. The molecule has 0 bridgehead atoms. The van der Waals surface area contributed by atoms with Crippen molar-refractivity contribution in [1.29, 1.82) is 0 Å². The number of hydrogen-bond acceptors (Lipinski definition) is 4. The van der Waals surface area contributed by atoms with Crippen molar-refractivity contribution in [2.24, 2.45) is 5.92 Å². The van der Waals surface area contributed by atoms with Crippen molar-refractivity contribution < 1.29 is 19.4 Å². The van der Waals surface area contributed by atoms with Crippen LogP contribution in [0.1, 0.15) is 47.5 Å². The molecule has 6 heteroatoms. The molecule has 2 atom stereocenters. The van der Waals surface area contributed by atoms with Gasteiger partial charge < -0.3 is 14.7 Å². The molecule has 2 aliphatic rings. The molecule has 4 rings (SSSR count). The molecule has 2 unspecified atom stereocenters. The van der Waals surface area contributed by atoms with Crippen LogP contribution in [0.2, 0.25) is 0 Å². The first-order valence-corrected chi connectivity index (χ1v) is 9.81. The summed E-state index contributed by atoms with van der Waals surface area (Å²) in [6, 6.07) is 13.0. The van der Waals surface area contributed by atoms with E-state index in [1.54, 1.807) is 17.0 Å². The van der Waals surface area contributed by atoms with Crippen LogP contribution in [0.5, 0.6) is 5.88 Å². The summed E-state index contributed by atoms with van der Waals surface area (Å²) in [4.78, 5) is 30.5. The predicted molar refractivity (Wildman–Crippen MR) is 103 cm³/mol. The van der Waals surface area contributed by atoms with Gasteiger partial charge >= 0.3 is 5.97 Å². The Balaban J connectivity index is 1.46. The highest BCUT2D eigenvalue weighted by atomic mass is 16.5. The van der Waals surface area contributed by atoms with Crippen LogP contribution in [0.3, 0.4) is 0 Å². The van der Waals surface area contributed by atoms with Crippen molar-refractivity contribution in [3.8, 4) is 5.88 Å². The Morgan fingerprint density at radius 2 is 1.79 bits per heavy atom. The van der Waals surface area contributed by atoms with Crippen LogP contribution in [0.4, 0.5) is 0 Å². The summed E-state index contributed by atoms with van der Waals surface area (Å²) in [5.41, 5.74) is 1.40. The van der Waals surface area contributed by atoms with Crippen molar-refractivity contribution >= 4 is 11.9 Å². The second-order valence-corrected chi connectivity index (χ2v) is 7.58. The van der Waals surface area contributed by atoms with E-state index in [4.69, 9.17) is 4.74 Å². The monoisotopic (exact) mass is 380 g/mol. The second-order valence-electron chi connectivity index (χ2n) is 7.58. The number of carboxylic acid groups (broad SMARTS) is 1. The Kier molecular flexibility index (Phi) is 5.28. The molecule has 1 amide bonds. The number of carbonyl (C=O) groups excluding carboxylic acids is 1. The molecule has 2 fully saturated rings. The van der Waals surface area contributed by atoms with Gasteiger partial charge in [0.1, 0.15) is 6.10 Å². The smallest absolute Gasteiger partial charge is 0.308 e. The molecular formula is C22H24N2O4. The molecule has 1 aromatic heterocycles. The molecule has 0 spiro atoms. The fraction of sp³-hybridized carbons (Fsp3) is 0.409. The average Bonchev–Trinajstić information content (AvgIpc) is 3.39. The van der Waals surface area contributed by atoms with Gasteiger partial charge in [0.25, 0.3) is 5.91 Å². The number of likely N-dealkylation sites (tertiary alicyclic amines) is 1. The molecule has 1 N–H and O–H groups in total. The number of pyridine rings is 1. The van der Waals surface area contributed by atoms with Crippen molar-refractivity contribution in [3.63, 3.8) is 0 Å². The Labute approximate surface area is 164 Å². The first kappa shape index (κ1) is 18.5. The summed E-state index contributed by atoms with van der Waals surface area (Å²) in [7, 11) is 0. The fourth-order valence-electron chi connectivity index (χ4n) is 4.19. The number of ether oxygens (including phenoxy) is 1. The third-order valence-corrected chi connectivity index (χ3v) is 5.72. The Morgan fingerprint density at radius 3 is 2.43 bits per heavy atom. The van der Waals surface area contributed by atoms with E-state index < -0.39 is 11.9 Å². The first-order valence-electron chi connectivity index (χ1n) is 9.81. The van der Waals surface area contributed by atoms with Crippen molar-refractivity contribution in [2.75, 3.05) is 13.1 Å². The summed E-state index contributed by atoms with van der Waals surface area (Å²) in [6.45, 7) is 0.591. The van der Waals surface area contributed by atoms with E-state index in [2.05, 4.69) is 4.98 Å². The predicted octanol–water partition coefficient (Wildman–Crippen LogP) is 3.34. The van der Waals surface area contributed by atoms with Gasteiger partial charge in [-0.2, -0.15) is 0 Å². The van der Waals surface area contributed by atoms with E-state index in [1.807, 2.05) is 30.3 Å². The number of rotatable bonds is 5. The van der Waals surface area contributed by atoms with Gasteiger partial charge in [-0.1, -0.05) is 30.3 Å². The maximum Gasteiger partial charge on any atom is 0.308 e. The molecule has 2 heterocycles. The quantitative estimate of drug-likeness (QED) is 0.861. The minimum Gasteiger partial charge on any atom is -0.481 e. The maximum atomic E-state index is 12.9.